The third-order valence-corrected chi connectivity index (χ3v) is 4.36. The van der Waals surface area contributed by atoms with Crippen molar-refractivity contribution in [3.8, 4) is 5.75 Å². The highest BCUT2D eigenvalue weighted by molar-refractivity contribution is 5.40. The third-order valence-electron chi connectivity index (χ3n) is 4.36. The maximum absolute atomic E-state index is 10.5. The molecular formula is C17H22N2O2. The van der Waals surface area contributed by atoms with Crippen LogP contribution in [0.4, 0.5) is 0 Å². The SMILES string of the molecule is Cc1nn(C)c(C)c1C(O)CCc1ccc2c(c1)CCO2. The molecule has 0 amide bonds. The van der Waals surface area contributed by atoms with Gasteiger partial charge in [-0.1, -0.05) is 12.1 Å². The molecular weight excluding hydrogens is 264 g/mol. The van der Waals surface area contributed by atoms with Crippen LogP contribution in [-0.2, 0) is 19.9 Å². The molecule has 3 rings (SSSR count). The van der Waals surface area contributed by atoms with E-state index in [2.05, 4.69) is 17.2 Å². The number of hydrogen-bond acceptors (Lipinski definition) is 3. The summed E-state index contributed by atoms with van der Waals surface area (Å²) >= 11 is 0. The molecule has 0 saturated heterocycles. The van der Waals surface area contributed by atoms with Crippen LogP contribution in [-0.4, -0.2) is 21.5 Å². The Hall–Kier alpha value is -1.81. The normalized spacial score (nSPS) is 14.9. The Kier molecular flexibility index (Phi) is 3.72. The summed E-state index contributed by atoms with van der Waals surface area (Å²) in [7, 11) is 1.92. The highest BCUT2D eigenvalue weighted by atomic mass is 16.5. The van der Waals surface area contributed by atoms with Gasteiger partial charge in [0, 0.05) is 24.7 Å². The van der Waals surface area contributed by atoms with E-state index < -0.39 is 6.10 Å². The largest absolute Gasteiger partial charge is 0.493 e. The Bertz CT molecular complexity index is 661. The van der Waals surface area contributed by atoms with Crippen molar-refractivity contribution < 1.29 is 9.84 Å². The fraction of sp³-hybridized carbons (Fsp3) is 0.471. The first-order chi connectivity index (χ1) is 10.1. The van der Waals surface area contributed by atoms with E-state index in [1.165, 1.54) is 11.1 Å². The number of aliphatic hydroxyl groups is 1. The highest BCUT2D eigenvalue weighted by Crippen LogP contribution is 2.28. The molecule has 1 N–H and O–H groups in total. The second-order valence-corrected chi connectivity index (χ2v) is 5.80. The van der Waals surface area contributed by atoms with Gasteiger partial charge in [-0.15, -0.1) is 0 Å². The number of fused-ring (bicyclic) bond motifs is 1. The van der Waals surface area contributed by atoms with Crippen molar-refractivity contribution in [2.75, 3.05) is 6.61 Å². The Labute approximate surface area is 125 Å². The number of hydrogen-bond donors (Lipinski definition) is 1. The van der Waals surface area contributed by atoms with Gasteiger partial charge in [0.05, 0.1) is 18.4 Å². The van der Waals surface area contributed by atoms with Crippen LogP contribution in [0.1, 0.15) is 40.6 Å². The van der Waals surface area contributed by atoms with Gasteiger partial charge in [0.1, 0.15) is 5.75 Å². The van der Waals surface area contributed by atoms with Crippen molar-refractivity contribution in [3.63, 3.8) is 0 Å². The lowest BCUT2D eigenvalue weighted by atomic mass is 9.98. The summed E-state index contributed by atoms with van der Waals surface area (Å²) in [5.74, 6) is 1.01. The fourth-order valence-corrected chi connectivity index (χ4v) is 3.12. The van der Waals surface area contributed by atoms with Gasteiger partial charge < -0.3 is 9.84 Å². The zero-order valence-corrected chi connectivity index (χ0v) is 12.9. The molecule has 1 aromatic carbocycles. The van der Waals surface area contributed by atoms with Crippen LogP contribution in [0.3, 0.4) is 0 Å². The first-order valence-corrected chi connectivity index (χ1v) is 7.49. The summed E-state index contributed by atoms with van der Waals surface area (Å²) in [4.78, 5) is 0. The van der Waals surface area contributed by atoms with Gasteiger partial charge in [0.25, 0.3) is 0 Å². The van der Waals surface area contributed by atoms with Crippen LogP contribution >= 0.6 is 0 Å². The van der Waals surface area contributed by atoms with Gasteiger partial charge in [-0.05, 0) is 43.9 Å². The van der Waals surface area contributed by atoms with E-state index in [4.69, 9.17) is 4.74 Å². The summed E-state index contributed by atoms with van der Waals surface area (Å²) < 4.78 is 7.36. The molecule has 0 saturated carbocycles. The van der Waals surface area contributed by atoms with Crippen molar-refractivity contribution in [1.82, 2.24) is 9.78 Å². The minimum absolute atomic E-state index is 0.455. The predicted octanol–water partition coefficient (Wildman–Crippen LogP) is 2.64. The van der Waals surface area contributed by atoms with Gasteiger partial charge in [-0.2, -0.15) is 5.10 Å². The number of aliphatic hydroxyl groups excluding tert-OH is 1. The minimum Gasteiger partial charge on any atom is -0.493 e. The van der Waals surface area contributed by atoms with Crippen molar-refractivity contribution >= 4 is 0 Å². The molecule has 2 heterocycles. The number of benzene rings is 1. The molecule has 2 aromatic rings. The molecule has 0 aliphatic carbocycles. The lowest BCUT2D eigenvalue weighted by molar-refractivity contribution is 0.166. The Morgan fingerprint density at radius 1 is 1.38 bits per heavy atom. The molecule has 4 heteroatoms. The molecule has 1 aromatic heterocycles. The molecule has 1 unspecified atom stereocenters. The lowest BCUT2D eigenvalue weighted by Gasteiger charge is -2.12. The van der Waals surface area contributed by atoms with Crippen LogP contribution in [0.2, 0.25) is 0 Å². The van der Waals surface area contributed by atoms with Crippen molar-refractivity contribution in [2.24, 2.45) is 7.05 Å². The summed E-state index contributed by atoms with van der Waals surface area (Å²) in [6, 6.07) is 6.35. The highest BCUT2D eigenvalue weighted by Gasteiger charge is 2.18. The molecule has 4 nitrogen and oxygen atoms in total. The quantitative estimate of drug-likeness (QED) is 0.940. The summed E-state index contributed by atoms with van der Waals surface area (Å²) in [6.07, 6.45) is 2.12. The van der Waals surface area contributed by atoms with Gasteiger partial charge >= 0.3 is 0 Å². The molecule has 0 radical (unpaired) electrons. The Morgan fingerprint density at radius 2 is 2.19 bits per heavy atom. The van der Waals surface area contributed by atoms with Gasteiger partial charge in [-0.3, -0.25) is 4.68 Å². The molecule has 1 aliphatic rings. The zero-order valence-electron chi connectivity index (χ0n) is 12.9. The molecule has 0 fully saturated rings. The van der Waals surface area contributed by atoms with Crippen LogP contribution in [0.25, 0.3) is 0 Å². The number of ether oxygens (including phenoxy) is 1. The van der Waals surface area contributed by atoms with Crippen molar-refractivity contribution in [1.29, 1.82) is 0 Å². The molecule has 0 spiro atoms. The first kappa shape index (κ1) is 14.1. The van der Waals surface area contributed by atoms with Gasteiger partial charge in [-0.25, -0.2) is 0 Å². The van der Waals surface area contributed by atoms with Gasteiger partial charge in [0.2, 0.25) is 0 Å². The maximum atomic E-state index is 10.5. The van der Waals surface area contributed by atoms with Gasteiger partial charge in [0.15, 0.2) is 0 Å². The third kappa shape index (κ3) is 2.68. The van der Waals surface area contributed by atoms with Crippen molar-refractivity contribution in [3.05, 3.63) is 46.3 Å². The first-order valence-electron chi connectivity index (χ1n) is 7.49. The fourth-order valence-electron chi connectivity index (χ4n) is 3.12. The van der Waals surface area contributed by atoms with E-state index in [0.29, 0.717) is 6.42 Å². The standard InChI is InChI=1S/C17H22N2O2/c1-11-17(12(2)19(3)18-11)15(20)6-4-13-5-7-16-14(10-13)8-9-21-16/h5,7,10,15,20H,4,6,8-9H2,1-3H3. The summed E-state index contributed by atoms with van der Waals surface area (Å²) in [5, 5.41) is 14.8. The van der Waals surface area contributed by atoms with E-state index >= 15 is 0 Å². The Morgan fingerprint density at radius 3 is 2.90 bits per heavy atom. The number of rotatable bonds is 4. The average Bonchev–Trinajstić information content (AvgIpc) is 3.01. The van der Waals surface area contributed by atoms with E-state index in [1.54, 1.807) is 0 Å². The second kappa shape index (κ2) is 5.53. The van der Waals surface area contributed by atoms with Crippen LogP contribution in [0, 0.1) is 13.8 Å². The number of aryl methyl sites for hydroxylation is 3. The number of aromatic nitrogens is 2. The predicted molar refractivity (Wildman–Crippen MR) is 81.6 cm³/mol. The average molecular weight is 286 g/mol. The summed E-state index contributed by atoms with van der Waals surface area (Å²) in [5.41, 5.74) is 5.49. The van der Waals surface area contributed by atoms with Crippen LogP contribution in [0.5, 0.6) is 5.75 Å². The topological polar surface area (TPSA) is 47.3 Å². The lowest BCUT2D eigenvalue weighted by Crippen LogP contribution is -2.03. The smallest absolute Gasteiger partial charge is 0.122 e. The second-order valence-electron chi connectivity index (χ2n) is 5.80. The molecule has 21 heavy (non-hydrogen) atoms. The molecule has 1 aliphatic heterocycles. The maximum Gasteiger partial charge on any atom is 0.122 e. The number of nitrogens with zero attached hydrogens (tertiary/aromatic N) is 2. The van der Waals surface area contributed by atoms with E-state index in [9.17, 15) is 5.11 Å². The molecule has 112 valence electrons. The Balaban J connectivity index is 1.70. The zero-order chi connectivity index (χ0) is 15.0. The monoisotopic (exact) mass is 286 g/mol. The van der Waals surface area contributed by atoms with E-state index in [1.807, 2.05) is 31.6 Å². The van der Waals surface area contributed by atoms with Crippen LogP contribution in [0.15, 0.2) is 18.2 Å². The summed E-state index contributed by atoms with van der Waals surface area (Å²) in [6.45, 7) is 4.75. The van der Waals surface area contributed by atoms with Crippen LogP contribution < -0.4 is 4.74 Å². The molecule has 1 atom stereocenters. The van der Waals surface area contributed by atoms with E-state index in [0.717, 1.165) is 42.1 Å². The minimum atomic E-state index is -0.455. The molecule has 0 bridgehead atoms. The van der Waals surface area contributed by atoms with Crippen molar-refractivity contribution in [2.45, 2.75) is 39.2 Å². The van der Waals surface area contributed by atoms with E-state index in [-0.39, 0.29) is 0 Å².